The molecule has 4 aliphatic heterocycles. The van der Waals surface area contributed by atoms with Crippen LogP contribution < -0.4 is 0 Å². The van der Waals surface area contributed by atoms with Crippen LogP contribution in [-0.2, 0) is 52.2 Å². The topological polar surface area (TPSA) is 360 Å². The number of hydrogen-bond acceptors (Lipinski definition) is 23. The van der Waals surface area contributed by atoms with Gasteiger partial charge < -0.3 is 104 Å². The highest BCUT2D eigenvalue weighted by Crippen LogP contribution is 2.76. The monoisotopic (exact) mass is 1120 g/mol. The van der Waals surface area contributed by atoms with Crippen LogP contribution in [0.5, 0.6) is 0 Å². The lowest BCUT2D eigenvalue weighted by Gasteiger charge is -2.71. The summed E-state index contributed by atoms with van der Waals surface area (Å²) in [5.74, 6) is -1.49. The summed E-state index contributed by atoms with van der Waals surface area (Å²) in [5.41, 5.74) is -1.23. The lowest BCUT2D eigenvalue weighted by atomic mass is 9.33. The Morgan fingerprint density at radius 2 is 1.21 bits per heavy atom. The van der Waals surface area contributed by atoms with Crippen LogP contribution in [0.2, 0.25) is 0 Å². The molecule has 8 fully saturated rings. The van der Waals surface area contributed by atoms with Gasteiger partial charge >= 0.3 is 11.9 Å². The molecule has 9 aliphatic rings. The number of carbonyl (C=O) groups excluding carboxylic acids is 2. The van der Waals surface area contributed by atoms with Crippen molar-refractivity contribution in [2.45, 2.75) is 242 Å². The maximum absolute atomic E-state index is 14.8. The molecule has 5 aliphatic carbocycles. The highest BCUT2D eigenvalue weighted by atomic mass is 16.8. The molecule has 12 N–H and O–H groups in total. The quantitative estimate of drug-likeness (QED) is 0.0645. The summed E-state index contributed by atoms with van der Waals surface area (Å²) >= 11 is 0. The van der Waals surface area contributed by atoms with E-state index in [2.05, 4.69) is 54.5 Å². The predicted octanol–water partition coefficient (Wildman–Crippen LogP) is -0.825. The summed E-state index contributed by atoms with van der Waals surface area (Å²) in [5, 5.41) is 128. The molecule has 9 rings (SSSR count). The van der Waals surface area contributed by atoms with Gasteiger partial charge in [-0.25, -0.2) is 4.79 Å². The van der Waals surface area contributed by atoms with Gasteiger partial charge in [-0.3, -0.25) is 4.79 Å². The fourth-order valence-corrected chi connectivity index (χ4v) is 16.4. The zero-order valence-electron chi connectivity index (χ0n) is 46.1. The van der Waals surface area contributed by atoms with Crippen molar-refractivity contribution in [1.29, 1.82) is 0 Å². The molecule has 0 aromatic rings. The Morgan fingerprint density at radius 3 is 1.85 bits per heavy atom. The number of aliphatic hydroxyl groups is 12. The highest BCUT2D eigenvalue weighted by molar-refractivity contribution is 5.79. The number of aliphatic hydroxyl groups excluding tert-OH is 12. The van der Waals surface area contributed by atoms with E-state index >= 15 is 0 Å². The molecule has 4 saturated heterocycles. The third-order valence-electron chi connectivity index (χ3n) is 21.3. The Labute approximate surface area is 455 Å². The predicted molar refractivity (Wildman–Crippen MR) is 266 cm³/mol. The molecule has 4 saturated carbocycles. The van der Waals surface area contributed by atoms with E-state index in [1.807, 2.05) is 0 Å². The molecule has 4 unspecified atom stereocenters. The molecule has 0 aromatic carbocycles. The largest absolute Gasteiger partial charge is 0.464 e. The number of hydrogen-bond donors (Lipinski definition) is 12. The average Bonchev–Trinajstić information content (AvgIpc) is 3.37. The van der Waals surface area contributed by atoms with E-state index in [-0.39, 0.29) is 46.0 Å². The molecule has 446 valence electrons. The number of esters is 2. The zero-order valence-corrected chi connectivity index (χ0v) is 46.1. The minimum Gasteiger partial charge on any atom is -0.464 e. The second kappa shape index (κ2) is 22.2. The molecule has 0 aromatic heterocycles. The van der Waals surface area contributed by atoms with Crippen LogP contribution in [0.25, 0.3) is 0 Å². The van der Waals surface area contributed by atoms with E-state index in [0.29, 0.717) is 32.1 Å². The Kier molecular flexibility index (Phi) is 17.2. The van der Waals surface area contributed by atoms with Gasteiger partial charge in [-0.1, -0.05) is 60.1 Å². The molecule has 27 atom stereocenters. The van der Waals surface area contributed by atoms with Crippen LogP contribution in [0.1, 0.15) is 120 Å². The normalized spacial score (nSPS) is 51.8. The third-order valence-corrected chi connectivity index (χ3v) is 21.3. The van der Waals surface area contributed by atoms with Gasteiger partial charge in [0.2, 0.25) is 6.29 Å². The van der Waals surface area contributed by atoms with Crippen molar-refractivity contribution in [3.8, 4) is 0 Å². The van der Waals surface area contributed by atoms with Crippen molar-refractivity contribution in [3.63, 3.8) is 0 Å². The molecular formula is C55H88O23. The van der Waals surface area contributed by atoms with E-state index in [1.54, 1.807) is 6.92 Å². The smallest absolute Gasteiger partial charge is 0.338 e. The molecule has 4 heterocycles. The fourth-order valence-electron chi connectivity index (χ4n) is 16.4. The second-order valence-corrected chi connectivity index (χ2v) is 26.3. The molecule has 0 amide bonds. The van der Waals surface area contributed by atoms with Gasteiger partial charge in [0.1, 0.15) is 85.5 Å². The van der Waals surface area contributed by atoms with E-state index in [4.69, 9.17) is 42.6 Å². The van der Waals surface area contributed by atoms with Gasteiger partial charge in [0.15, 0.2) is 25.0 Å². The van der Waals surface area contributed by atoms with Crippen LogP contribution in [0, 0.1) is 50.2 Å². The summed E-state index contributed by atoms with van der Waals surface area (Å²) in [4.78, 5) is 28.8. The van der Waals surface area contributed by atoms with Crippen molar-refractivity contribution in [3.05, 3.63) is 11.6 Å². The number of rotatable bonds is 12. The first-order chi connectivity index (χ1) is 36.5. The van der Waals surface area contributed by atoms with Gasteiger partial charge in [-0.15, -0.1) is 0 Å². The lowest BCUT2D eigenvalue weighted by molar-refractivity contribution is -0.385. The van der Waals surface area contributed by atoms with Gasteiger partial charge in [0, 0.05) is 0 Å². The van der Waals surface area contributed by atoms with Gasteiger partial charge in [0.05, 0.1) is 37.9 Å². The van der Waals surface area contributed by atoms with E-state index < -0.39 is 165 Å². The maximum Gasteiger partial charge on any atom is 0.338 e. The first-order valence-corrected chi connectivity index (χ1v) is 28.2. The number of carbonyl (C=O) groups is 2. The molecular weight excluding hydrogens is 1030 g/mol. The summed E-state index contributed by atoms with van der Waals surface area (Å²) in [6.07, 6.45) is -23.8. The molecule has 0 radical (unpaired) electrons. The highest BCUT2D eigenvalue weighted by Gasteiger charge is 2.70. The molecule has 23 heteroatoms. The van der Waals surface area contributed by atoms with Gasteiger partial charge in [0.25, 0.3) is 0 Å². The first kappa shape index (κ1) is 60.5. The van der Waals surface area contributed by atoms with E-state index in [1.165, 1.54) is 5.57 Å². The Bertz CT molecular complexity index is 2180. The van der Waals surface area contributed by atoms with Gasteiger partial charge in [-0.05, 0) is 116 Å². The molecule has 78 heavy (non-hydrogen) atoms. The Morgan fingerprint density at radius 1 is 0.615 bits per heavy atom. The lowest BCUT2D eigenvalue weighted by Crippen LogP contribution is -2.68. The summed E-state index contributed by atoms with van der Waals surface area (Å²) < 4.78 is 53.8. The Hall–Kier alpha value is -2.08. The van der Waals surface area contributed by atoms with Crippen LogP contribution >= 0.6 is 0 Å². The third kappa shape index (κ3) is 9.93. The van der Waals surface area contributed by atoms with Crippen LogP contribution in [0.4, 0.5) is 0 Å². The molecule has 0 spiro atoms. The van der Waals surface area contributed by atoms with E-state index in [0.717, 1.165) is 32.1 Å². The fraction of sp³-hybridized carbons (Fsp3) is 0.927. The van der Waals surface area contributed by atoms with Crippen molar-refractivity contribution >= 4 is 11.9 Å². The second-order valence-electron chi connectivity index (χ2n) is 26.3. The summed E-state index contributed by atoms with van der Waals surface area (Å²) in [6.45, 7) is 15.3. The number of ether oxygens (including phenoxy) is 9. The summed E-state index contributed by atoms with van der Waals surface area (Å²) in [6, 6.07) is 0. The van der Waals surface area contributed by atoms with Crippen LogP contribution in [-0.4, -0.2) is 222 Å². The van der Waals surface area contributed by atoms with Crippen LogP contribution in [0.3, 0.4) is 0 Å². The average molecular weight is 1120 g/mol. The SMILES string of the molecule is CCOC(=O)[C@H]1O[C@@H](O[C@H]2CC[C@@]3(C)C(CC[C@]4(C)C3CC=C3C5CC(C)(C)CC[C@]5(C(=O)O[C@@H]5O[C@H](CO)[C@@H](O)[C@H](O)[C@H]5O)CCC34C)C2(C)C)[C@H](O)[C@@H](O[C@@H]2O[C@H](CO)[C@@H](O)[C@H](O)[C@H]2O)[C@@H]1O[C@H]1OC[C@@H](O)[C@H](O)[C@H]1O. The van der Waals surface area contributed by atoms with Crippen molar-refractivity contribution in [1.82, 2.24) is 0 Å². The van der Waals surface area contributed by atoms with Crippen molar-refractivity contribution in [2.24, 2.45) is 50.2 Å². The molecule has 0 bridgehead atoms. The molecule has 23 nitrogen and oxygen atoms in total. The first-order valence-electron chi connectivity index (χ1n) is 28.2. The summed E-state index contributed by atoms with van der Waals surface area (Å²) in [7, 11) is 0. The number of allylic oxidation sites excluding steroid dienone is 2. The maximum atomic E-state index is 14.8. The van der Waals surface area contributed by atoms with Gasteiger partial charge in [-0.2, -0.15) is 0 Å². The van der Waals surface area contributed by atoms with Crippen molar-refractivity contribution in [2.75, 3.05) is 26.4 Å². The van der Waals surface area contributed by atoms with Crippen LogP contribution in [0.15, 0.2) is 11.6 Å². The minimum atomic E-state index is -1.96. The standard InChI is InChI=1S/C55H88O23/c1-9-70-44(68)43-42(76-45-37(64)32(59)26(58)23-71-45)41(75-46-38(65)35(62)33(60)27(21-56)72-46)40(67)48(77-43)74-31-13-14-52(6)29(51(31,4)5)12-15-54(8)30(52)11-10-24-25-20-50(2,3)16-18-55(25,19-17-53(24,54)7)49(69)78-47-39(66)36(63)34(61)28(22-57)73-47/h10,25-43,45-48,56-67H,9,11-23H2,1-8H3/t25?,26-,27-,28-,29?,30?,31+,32+,33-,34-,35+,36+,37-,38-,39-,40-,41-,42+,43+,45-,46+,47+,48-,52+,53?,54-,55+/m1/s1. The Balaban J connectivity index is 0.983. The number of fused-ring (bicyclic) bond motifs is 7. The zero-order chi connectivity index (χ0) is 57.0. The van der Waals surface area contributed by atoms with Crippen molar-refractivity contribution < 1.29 is 113 Å². The van der Waals surface area contributed by atoms with E-state index in [9.17, 15) is 70.9 Å². The minimum absolute atomic E-state index is 0.0516.